The second-order valence-electron chi connectivity index (χ2n) is 6.59. The van der Waals surface area contributed by atoms with E-state index in [0.717, 1.165) is 21.7 Å². The van der Waals surface area contributed by atoms with Crippen LogP contribution in [-0.4, -0.2) is 45.3 Å². The highest BCUT2D eigenvalue weighted by atomic mass is 32.2. The molecule has 0 saturated heterocycles. The van der Waals surface area contributed by atoms with E-state index >= 15 is 0 Å². The van der Waals surface area contributed by atoms with Crippen LogP contribution >= 0.6 is 11.8 Å². The molecule has 0 aliphatic rings. The van der Waals surface area contributed by atoms with Crippen LogP contribution in [0.5, 0.6) is 0 Å². The smallest absolute Gasteiger partial charge is 0.249 e. The Morgan fingerprint density at radius 3 is 2.69 bits per heavy atom. The standard InChI is InChI=1S/C21H20N6OS/c1-26(2)18-6-4-3-5-17(18)15-7-8-19-23-21(25-27(19)13-15)24-20(28)14-29-16-9-11-22-12-10-16/h3-13H,14H2,1-2H3,(H,24,25,28). The van der Waals surface area contributed by atoms with Crippen LogP contribution in [0.2, 0.25) is 0 Å². The molecule has 4 rings (SSSR count). The van der Waals surface area contributed by atoms with E-state index in [2.05, 4.69) is 37.4 Å². The molecular formula is C21H20N6OS. The first kappa shape index (κ1) is 18.9. The van der Waals surface area contributed by atoms with Crippen LogP contribution in [0.4, 0.5) is 11.6 Å². The molecule has 3 heterocycles. The van der Waals surface area contributed by atoms with Crippen molar-refractivity contribution in [3.8, 4) is 11.1 Å². The molecule has 0 aliphatic heterocycles. The quantitative estimate of drug-likeness (QED) is 0.495. The van der Waals surface area contributed by atoms with E-state index in [1.807, 2.05) is 56.7 Å². The predicted octanol–water partition coefficient (Wildman–Crippen LogP) is 3.59. The summed E-state index contributed by atoms with van der Waals surface area (Å²) in [6.07, 6.45) is 5.33. The van der Waals surface area contributed by atoms with Gasteiger partial charge in [0.1, 0.15) is 0 Å². The Hall–Kier alpha value is -3.39. The zero-order valence-corrected chi connectivity index (χ0v) is 16.9. The fourth-order valence-corrected chi connectivity index (χ4v) is 3.63. The van der Waals surface area contributed by atoms with Gasteiger partial charge in [-0.2, -0.15) is 4.98 Å². The maximum atomic E-state index is 12.2. The van der Waals surface area contributed by atoms with Crippen molar-refractivity contribution >= 4 is 35.0 Å². The molecule has 1 amide bonds. The van der Waals surface area contributed by atoms with Gasteiger partial charge in [0.15, 0.2) is 5.65 Å². The van der Waals surface area contributed by atoms with Crippen LogP contribution in [0.1, 0.15) is 0 Å². The summed E-state index contributed by atoms with van der Waals surface area (Å²) in [4.78, 5) is 23.7. The van der Waals surface area contributed by atoms with E-state index in [4.69, 9.17) is 0 Å². The molecule has 1 N–H and O–H groups in total. The monoisotopic (exact) mass is 404 g/mol. The van der Waals surface area contributed by atoms with Gasteiger partial charge in [-0.3, -0.25) is 15.1 Å². The van der Waals surface area contributed by atoms with Gasteiger partial charge in [-0.25, -0.2) is 4.52 Å². The SMILES string of the molecule is CN(C)c1ccccc1-c1ccc2nc(NC(=O)CSc3ccncc3)nn2c1. The lowest BCUT2D eigenvalue weighted by atomic mass is 10.1. The fourth-order valence-electron chi connectivity index (χ4n) is 2.95. The Balaban J connectivity index is 1.51. The van der Waals surface area contributed by atoms with Crippen molar-refractivity contribution in [1.29, 1.82) is 0 Å². The maximum absolute atomic E-state index is 12.2. The molecule has 3 aromatic heterocycles. The third-order valence-electron chi connectivity index (χ3n) is 4.30. The Labute approximate surface area is 172 Å². The highest BCUT2D eigenvalue weighted by Gasteiger charge is 2.11. The van der Waals surface area contributed by atoms with Gasteiger partial charge >= 0.3 is 0 Å². The number of nitrogens with zero attached hydrogens (tertiary/aromatic N) is 5. The normalized spacial score (nSPS) is 10.8. The lowest BCUT2D eigenvalue weighted by molar-refractivity contribution is -0.113. The zero-order valence-electron chi connectivity index (χ0n) is 16.1. The summed E-state index contributed by atoms with van der Waals surface area (Å²) in [6, 6.07) is 15.8. The van der Waals surface area contributed by atoms with Crippen LogP contribution in [0.3, 0.4) is 0 Å². The van der Waals surface area contributed by atoms with E-state index in [9.17, 15) is 4.79 Å². The average molecular weight is 404 g/mol. The molecule has 0 saturated carbocycles. The number of carbonyl (C=O) groups excluding carboxylic acids is 1. The third-order valence-corrected chi connectivity index (χ3v) is 5.31. The highest BCUT2D eigenvalue weighted by molar-refractivity contribution is 8.00. The molecule has 1 aromatic carbocycles. The first-order valence-electron chi connectivity index (χ1n) is 9.06. The molecule has 0 spiro atoms. The molecular weight excluding hydrogens is 384 g/mol. The summed E-state index contributed by atoms with van der Waals surface area (Å²) in [7, 11) is 4.04. The van der Waals surface area contributed by atoms with Crippen molar-refractivity contribution in [3.05, 3.63) is 67.1 Å². The molecule has 0 bridgehead atoms. The first-order valence-corrected chi connectivity index (χ1v) is 10.0. The highest BCUT2D eigenvalue weighted by Crippen LogP contribution is 2.29. The second-order valence-corrected chi connectivity index (χ2v) is 7.64. The summed E-state index contributed by atoms with van der Waals surface area (Å²) in [5.74, 6) is 0.422. The molecule has 0 fully saturated rings. The summed E-state index contributed by atoms with van der Waals surface area (Å²) >= 11 is 1.44. The Morgan fingerprint density at radius 1 is 1.10 bits per heavy atom. The van der Waals surface area contributed by atoms with E-state index in [-0.39, 0.29) is 11.7 Å². The number of hydrogen-bond donors (Lipinski definition) is 1. The number of carbonyl (C=O) groups is 1. The number of para-hydroxylation sites is 1. The molecule has 8 heteroatoms. The predicted molar refractivity (Wildman–Crippen MR) is 116 cm³/mol. The maximum Gasteiger partial charge on any atom is 0.249 e. The molecule has 0 radical (unpaired) electrons. The van der Waals surface area contributed by atoms with Crippen LogP contribution in [0, 0.1) is 0 Å². The third kappa shape index (κ3) is 4.38. The molecule has 146 valence electrons. The Kier molecular flexibility index (Phi) is 5.44. The molecule has 0 unspecified atom stereocenters. The topological polar surface area (TPSA) is 75.4 Å². The van der Waals surface area contributed by atoms with Gasteiger partial charge in [0.2, 0.25) is 11.9 Å². The Bertz CT molecular complexity index is 1140. The van der Waals surface area contributed by atoms with E-state index in [1.165, 1.54) is 11.8 Å². The lowest BCUT2D eigenvalue weighted by Gasteiger charge is -2.17. The second kappa shape index (κ2) is 8.32. The molecule has 4 aromatic rings. The average Bonchev–Trinajstić information content (AvgIpc) is 3.14. The van der Waals surface area contributed by atoms with Gasteiger partial charge in [0.25, 0.3) is 0 Å². The Morgan fingerprint density at radius 2 is 1.90 bits per heavy atom. The van der Waals surface area contributed by atoms with Gasteiger partial charge in [0.05, 0.1) is 5.75 Å². The number of benzene rings is 1. The summed E-state index contributed by atoms with van der Waals surface area (Å²) < 4.78 is 1.69. The van der Waals surface area contributed by atoms with Crippen molar-refractivity contribution < 1.29 is 4.79 Å². The number of aromatic nitrogens is 4. The van der Waals surface area contributed by atoms with E-state index in [1.54, 1.807) is 16.9 Å². The minimum absolute atomic E-state index is 0.152. The minimum atomic E-state index is -0.152. The van der Waals surface area contributed by atoms with Gasteiger partial charge in [-0.15, -0.1) is 16.9 Å². The number of anilines is 2. The van der Waals surface area contributed by atoms with Gasteiger partial charge in [-0.1, -0.05) is 18.2 Å². The first-order chi connectivity index (χ1) is 14.1. The van der Waals surface area contributed by atoms with Gasteiger partial charge in [0, 0.05) is 54.4 Å². The molecule has 0 atom stereocenters. The number of hydrogen-bond acceptors (Lipinski definition) is 6. The number of fused-ring (bicyclic) bond motifs is 1. The van der Waals surface area contributed by atoms with E-state index < -0.39 is 0 Å². The van der Waals surface area contributed by atoms with Crippen molar-refractivity contribution in [2.75, 3.05) is 30.1 Å². The van der Waals surface area contributed by atoms with E-state index in [0.29, 0.717) is 11.6 Å². The fraction of sp³-hybridized carbons (Fsp3) is 0.143. The zero-order chi connectivity index (χ0) is 20.2. The van der Waals surface area contributed by atoms with Gasteiger partial charge < -0.3 is 4.90 Å². The largest absolute Gasteiger partial charge is 0.377 e. The number of nitrogens with one attached hydrogen (secondary N) is 1. The van der Waals surface area contributed by atoms with Crippen LogP contribution in [0.25, 0.3) is 16.8 Å². The minimum Gasteiger partial charge on any atom is -0.377 e. The van der Waals surface area contributed by atoms with Crippen LogP contribution in [-0.2, 0) is 4.79 Å². The van der Waals surface area contributed by atoms with Crippen molar-refractivity contribution in [3.63, 3.8) is 0 Å². The van der Waals surface area contributed by atoms with Crippen molar-refractivity contribution in [1.82, 2.24) is 19.6 Å². The molecule has 29 heavy (non-hydrogen) atoms. The lowest BCUT2D eigenvalue weighted by Crippen LogP contribution is -2.15. The van der Waals surface area contributed by atoms with Gasteiger partial charge in [-0.05, 0) is 30.3 Å². The number of pyridine rings is 2. The number of rotatable bonds is 6. The molecule has 7 nitrogen and oxygen atoms in total. The van der Waals surface area contributed by atoms with Crippen molar-refractivity contribution in [2.24, 2.45) is 0 Å². The summed E-state index contributed by atoms with van der Waals surface area (Å²) in [5.41, 5.74) is 3.92. The van der Waals surface area contributed by atoms with Crippen LogP contribution < -0.4 is 10.2 Å². The molecule has 0 aliphatic carbocycles. The number of amides is 1. The van der Waals surface area contributed by atoms with Crippen LogP contribution in [0.15, 0.2) is 72.0 Å². The summed E-state index contributed by atoms with van der Waals surface area (Å²) in [5, 5.41) is 7.17. The van der Waals surface area contributed by atoms with Crippen molar-refractivity contribution in [2.45, 2.75) is 4.90 Å². The number of thioether (sulfide) groups is 1. The summed E-state index contributed by atoms with van der Waals surface area (Å²) in [6.45, 7) is 0.